The topological polar surface area (TPSA) is 78.3 Å². The molecule has 4 N–H and O–H groups in total. The zero-order valence-electron chi connectivity index (χ0n) is 12.1. The van der Waals surface area contributed by atoms with Gasteiger partial charge in [0.25, 0.3) is 0 Å². The van der Waals surface area contributed by atoms with E-state index in [1.54, 1.807) is 6.92 Å². The van der Waals surface area contributed by atoms with Crippen LogP contribution in [0.3, 0.4) is 0 Å². The lowest BCUT2D eigenvalue weighted by atomic mass is 10.0. The van der Waals surface area contributed by atoms with Gasteiger partial charge in [-0.25, -0.2) is 0 Å². The summed E-state index contributed by atoms with van der Waals surface area (Å²) in [5.41, 5.74) is 12.2. The predicted molar refractivity (Wildman–Crippen MR) is 83.0 cm³/mol. The van der Waals surface area contributed by atoms with Gasteiger partial charge in [0, 0.05) is 0 Å². The zero-order chi connectivity index (χ0) is 15.3. The van der Waals surface area contributed by atoms with Crippen molar-refractivity contribution >= 4 is 5.91 Å². The number of amides is 1. The molecule has 0 spiro atoms. The highest BCUT2D eigenvalue weighted by Gasteiger charge is 2.26. The van der Waals surface area contributed by atoms with Gasteiger partial charge in [-0.05, 0) is 36.6 Å². The standard InChI is InChI=1S/C17H20N2O2/c1-17(19,16(18)20)12-21-15-9-7-14(8-10-15)11-13-5-3-2-4-6-13/h2-10H,11-12,19H2,1H3,(H2,18,20). The van der Waals surface area contributed by atoms with E-state index in [2.05, 4.69) is 12.1 Å². The molecule has 0 radical (unpaired) electrons. The molecule has 2 rings (SSSR count). The molecule has 1 atom stereocenters. The van der Waals surface area contributed by atoms with Crippen molar-refractivity contribution in [3.63, 3.8) is 0 Å². The number of rotatable bonds is 6. The molecular weight excluding hydrogens is 264 g/mol. The van der Waals surface area contributed by atoms with Crippen molar-refractivity contribution in [1.29, 1.82) is 0 Å². The molecule has 0 fully saturated rings. The van der Waals surface area contributed by atoms with E-state index in [9.17, 15) is 4.79 Å². The van der Waals surface area contributed by atoms with Crippen LogP contribution in [0.5, 0.6) is 5.75 Å². The van der Waals surface area contributed by atoms with Crippen LogP contribution in [0.25, 0.3) is 0 Å². The fourth-order valence-corrected chi connectivity index (χ4v) is 1.84. The van der Waals surface area contributed by atoms with Gasteiger partial charge in [0.2, 0.25) is 5.91 Å². The maximum absolute atomic E-state index is 11.1. The second-order valence-corrected chi connectivity index (χ2v) is 5.38. The predicted octanol–water partition coefficient (Wildman–Crippen LogP) is 1.86. The number of hydrogen-bond acceptors (Lipinski definition) is 3. The molecule has 0 heterocycles. The normalized spacial score (nSPS) is 13.4. The maximum Gasteiger partial charge on any atom is 0.240 e. The highest BCUT2D eigenvalue weighted by atomic mass is 16.5. The van der Waals surface area contributed by atoms with Gasteiger partial charge in [-0.2, -0.15) is 0 Å². The number of hydrogen-bond donors (Lipinski definition) is 2. The molecule has 0 bridgehead atoms. The molecule has 4 nitrogen and oxygen atoms in total. The van der Waals surface area contributed by atoms with Gasteiger partial charge < -0.3 is 16.2 Å². The van der Waals surface area contributed by atoms with Crippen LogP contribution in [0.15, 0.2) is 54.6 Å². The molecule has 0 aliphatic rings. The van der Waals surface area contributed by atoms with Crippen molar-refractivity contribution in [2.45, 2.75) is 18.9 Å². The first-order valence-electron chi connectivity index (χ1n) is 6.82. The Bertz CT molecular complexity index is 592. The van der Waals surface area contributed by atoms with E-state index in [-0.39, 0.29) is 6.61 Å². The number of primary amides is 1. The van der Waals surface area contributed by atoms with Crippen LogP contribution < -0.4 is 16.2 Å². The lowest BCUT2D eigenvalue weighted by Crippen LogP contribution is -2.53. The van der Waals surface area contributed by atoms with E-state index in [1.807, 2.05) is 42.5 Å². The van der Waals surface area contributed by atoms with Gasteiger partial charge in [0.1, 0.15) is 17.9 Å². The quantitative estimate of drug-likeness (QED) is 0.850. The summed E-state index contributed by atoms with van der Waals surface area (Å²) in [6.07, 6.45) is 0.872. The van der Waals surface area contributed by atoms with Gasteiger partial charge in [-0.15, -0.1) is 0 Å². The van der Waals surface area contributed by atoms with Crippen LogP contribution in [0, 0.1) is 0 Å². The largest absolute Gasteiger partial charge is 0.491 e. The number of carbonyl (C=O) groups excluding carboxylic acids is 1. The van der Waals surface area contributed by atoms with E-state index in [0.717, 1.165) is 6.42 Å². The van der Waals surface area contributed by atoms with Crippen molar-refractivity contribution < 1.29 is 9.53 Å². The highest BCUT2D eigenvalue weighted by molar-refractivity contribution is 5.84. The van der Waals surface area contributed by atoms with Gasteiger partial charge in [0.05, 0.1) is 0 Å². The minimum absolute atomic E-state index is 0.0559. The number of ether oxygens (including phenoxy) is 1. The Kier molecular flexibility index (Phi) is 4.60. The average Bonchev–Trinajstić information content (AvgIpc) is 2.47. The van der Waals surface area contributed by atoms with Gasteiger partial charge in [-0.1, -0.05) is 42.5 Å². The summed E-state index contributed by atoms with van der Waals surface area (Å²) in [4.78, 5) is 11.1. The lowest BCUT2D eigenvalue weighted by Gasteiger charge is -2.20. The van der Waals surface area contributed by atoms with Crippen LogP contribution in [-0.4, -0.2) is 18.1 Å². The summed E-state index contributed by atoms with van der Waals surface area (Å²) in [6, 6.07) is 18.0. The van der Waals surface area contributed by atoms with Gasteiger partial charge in [0.15, 0.2) is 0 Å². The van der Waals surface area contributed by atoms with E-state index >= 15 is 0 Å². The Labute approximate surface area is 124 Å². The van der Waals surface area contributed by atoms with E-state index < -0.39 is 11.4 Å². The van der Waals surface area contributed by atoms with E-state index in [0.29, 0.717) is 5.75 Å². The third-order valence-corrected chi connectivity index (χ3v) is 3.28. The van der Waals surface area contributed by atoms with Crippen LogP contribution in [0.4, 0.5) is 0 Å². The zero-order valence-corrected chi connectivity index (χ0v) is 12.1. The molecule has 0 aromatic heterocycles. The Morgan fingerprint density at radius 1 is 1.05 bits per heavy atom. The third kappa shape index (κ3) is 4.33. The van der Waals surface area contributed by atoms with Crippen molar-refractivity contribution in [2.75, 3.05) is 6.61 Å². The summed E-state index contributed by atoms with van der Waals surface area (Å²) in [5.74, 6) is 0.0907. The van der Waals surface area contributed by atoms with Crippen molar-refractivity contribution in [3.05, 3.63) is 65.7 Å². The highest BCUT2D eigenvalue weighted by Crippen LogP contribution is 2.16. The van der Waals surface area contributed by atoms with Crippen molar-refractivity contribution in [2.24, 2.45) is 11.5 Å². The summed E-state index contributed by atoms with van der Waals surface area (Å²) >= 11 is 0. The molecule has 21 heavy (non-hydrogen) atoms. The Balaban J connectivity index is 1.95. The molecule has 0 aliphatic carbocycles. The van der Waals surface area contributed by atoms with E-state index in [4.69, 9.17) is 16.2 Å². The number of benzene rings is 2. The second kappa shape index (κ2) is 6.41. The first-order chi connectivity index (χ1) is 9.97. The smallest absolute Gasteiger partial charge is 0.240 e. The van der Waals surface area contributed by atoms with E-state index in [1.165, 1.54) is 11.1 Å². The third-order valence-electron chi connectivity index (χ3n) is 3.28. The lowest BCUT2D eigenvalue weighted by molar-refractivity contribution is -0.123. The van der Waals surface area contributed by atoms with Crippen molar-refractivity contribution in [1.82, 2.24) is 0 Å². The summed E-state index contributed by atoms with van der Waals surface area (Å²) in [5, 5.41) is 0. The van der Waals surface area contributed by atoms with Crippen LogP contribution in [0.1, 0.15) is 18.1 Å². The molecular formula is C17H20N2O2. The molecule has 0 saturated carbocycles. The van der Waals surface area contributed by atoms with Crippen LogP contribution in [0.2, 0.25) is 0 Å². The van der Waals surface area contributed by atoms with Gasteiger partial charge in [-0.3, -0.25) is 4.79 Å². The number of carbonyl (C=O) groups is 1. The fourth-order valence-electron chi connectivity index (χ4n) is 1.84. The summed E-state index contributed by atoms with van der Waals surface area (Å²) in [6.45, 7) is 1.61. The maximum atomic E-state index is 11.1. The molecule has 2 aromatic carbocycles. The van der Waals surface area contributed by atoms with Crippen LogP contribution >= 0.6 is 0 Å². The molecule has 2 aromatic rings. The molecule has 4 heteroatoms. The van der Waals surface area contributed by atoms with Crippen molar-refractivity contribution in [3.8, 4) is 5.75 Å². The fraction of sp³-hybridized carbons (Fsp3) is 0.235. The Morgan fingerprint density at radius 3 is 2.19 bits per heavy atom. The second-order valence-electron chi connectivity index (χ2n) is 5.38. The first kappa shape index (κ1) is 15.1. The first-order valence-corrected chi connectivity index (χ1v) is 6.82. The van der Waals surface area contributed by atoms with Crippen LogP contribution in [-0.2, 0) is 11.2 Å². The monoisotopic (exact) mass is 284 g/mol. The Morgan fingerprint density at radius 2 is 1.62 bits per heavy atom. The minimum Gasteiger partial charge on any atom is -0.491 e. The number of nitrogens with two attached hydrogens (primary N) is 2. The molecule has 110 valence electrons. The summed E-state index contributed by atoms with van der Waals surface area (Å²) in [7, 11) is 0. The Hall–Kier alpha value is -2.33. The molecule has 1 amide bonds. The molecule has 0 aliphatic heterocycles. The van der Waals surface area contributed by atoms with Gasteiger partial charge >= 0.3 is 0 Å². The average molecular weight is 284 g/mol. The summed E-state index contributed by atoms with van der Waals surface area (Å²) < 4.78 is 5.51. The minimum atomic E-state index is -1.16. The molecule has 1 unspecified atom stereocenters. The molecule has 0 saturated heterocycles. The SMILES string of the molecule is CC(N)(COc1ccc(Cc2ccccc2)cc1)C(N)=O.